The third-order valence-corrected chi connectivity index (χ3v) is 5.92. The van der Waals surface area contributed by atoms with E-state index in [0.717, 1.165) is 10.9 Å². The number of halogens is 2. The standard InChI is InChI=1S/C22H24Cl2N4O4/c1-32-19-4-2-3-16-15(19)10-17(28-16)18(29)8-13(9-20(23)24)22(31)27-14(11-25)7-12-5-6-26-21(12)30/h2-4,10,12-14,20,28H,5-9H2,1H3,(H,26,30)(H,27,31). The summed E-state index contributed by atoms with van der Waals surface area (Å²) >= 11 is 11.8. The Bertz CT molecular complexity index is 1050. The highest BCUT2D eigenvalue weighted by molar-refractivity contribution is 6.44. The Labute approximate surface area is 195 Å². The molecule has 1 aliphatic heterocycles. The number of nitriles is 1. The van der Waals surface area contributed by atoms with Crippen molar-refractivity contribution in [3.05, 3.63) is 30.0 Å². The highest BCUT2D eigenvalue weighted by Gasteiger charge is 2.31. The van der Waals surface area contributed by atoms with Gasteiger partial charge in [0.05, 0.1) is 18.9 Å². The molecule has 3 rings (SSSR count). The summed E-state index contributed by atoms with van der Waals surface area (Å²) in [5, 5.41) is 15.6. The Morgan fingerprint density at radius 3 is 2.78 bits per heavy atom. The number of nitrogens with zero attached hydrogens (tertiary/aromatic N) is 1. The van der Waals surface area contributed by atoms with Gasteiger partial charge in [0.15, 0.2) is 5.78 Å². The second-order valence-electron chi connectivity index (χ2n) is 7.76. The van der Waals surface area contributed by atoms with E-state index in [2.05, 4.69) is 15.6 Å². The summed E-state index contributed by atoms with van der Waals surface area (Å²) in [6.45, 7) is 0.558. The van der Waals surface area contributed by atoms with Crippen LogP contribution in [0.4, 0.5) is 0 Å². The van der Waals surface area contributed by atoms with Crippen LogP contribution in [0.25, 0.3) is 10.9 Å². The number of hydrogen-bond acceptors (Lipinski definition) is 5. The van der Waals surface area contributed by atoms with E-state index in [1.807, 2.05) is 12.1 Å². The first-order chi connectivity index (χ1) is 15.3. The quantitative estimate of drug-likeness (QED) is 0.357. The number of aromatic amines is 1. The largest absolute Gasteiger partial charge is 0.496 e. The number of benzene rings is 1. The second kappa shape index (κ2) is 10.7. The van der Waals surface area contributed by atoms with Gasteiger partial charge in [-0.3, -0.25) is 14.4 Å². The fourth-order valence-electron chi connectivity index (χ4n) is 3.88. The molecule has 1 aromatic heterocycles. The number of carbonyl (C=O) groups is 3. The maximum Gasteiger partial charge on any atom is 0.224 e. The molecule has 1 aromatic carbocycles. The number of ether oxygens (including phenoxy) is 1. The van der Waals surface area contributed by atoms with Crippen molar-refractivity contribution >= 4 is 51.7 Å². The molecule has 0 bridgehead atoms. The topological polar surface area (TPSA) is 124 Å². The van der Waals surface area contributed by atoms with Gasteiger partial charge in [-0.1, -0.05) is 6.07 Å². The smallest absolute Gasteiger partial charge is 0.224 e. The van der Waals surface area contributed by atoms with Crippen LogP contribution in [0.15, 0.2) is 24.3 Å². The molecule has 0 spiro atoms. The molecule has 3 atom stereocenters. The molecule has 0 saturated carbocycles. The van der Waals surface area contributed by atoms with Crippen molar-refractivity contribution in [3.63, 3.8) is 0 Å². The first kappa shape index (κ1) is 23.9. The fourth-order valence-corrected chi connectivity index (χ4v) is 4.31. The SMILES string of the molecule is COc1cccc2[nH]c(C(=O)CC(CC(Cl)Cl)C(=O)NC(C#N)CC3CCNC3=O)cc12. The van der Waals surface area contributed by atoms with E-state index in [0.29, 0.717) is 24.4 Å². The van der Waals surface area contributed by atoms with Gasteiger partial charge in [-0.25, -0.2) is 0 Å². The molecule has 1 saturated heterocycles. The predicted octanol–water partition coefficient (Wildman–Crippen LogP) is 3.09. The van der Waals surface area contributed by atoms with Crippen LogP contribution in [-0.2, 0) is 9.59 Å². The summed E-state index contributed by atoms with van der Waals surface area (Å²) in [6.07, 6.45) is 0.733. The van der Waals surface area contributed by atoms with Crippen molar-refractivity contribution < 1.29 is 19.1 Å². The van der Waals surface area contributed by atoms with Crippen molar-refractivity contribution in [2.24, 2.45) is 11.8 Å². The third kappa shape index (κ3) is 5.72. The lowest BCUT2D eigenvalue weighted by Crippen LogP contribution is -2.41. The Hall–Kier alpha value is -2.76. The van der Waals surface area contributed by atoms with E-state index in [1.165, 1.54) is 0 Å². The molecular weight excluding hydrogens is 455 g/mol. The van der Waals surface area contributed by atoms with Gasteiger partial charge in [-0.2, -0.15) is 5.26 Å². The van der Waals surface area contributed by atoms with Crippen LogP contribution >= 0.6 is 23.2 Å². The molecule has 2 amide bonds. The van der Waals surface area contributed by atoms with E-state index >= 15 is 0 Å². The minimum absolute atomic E-state index is 0.0479. The van der Waals surface area contributed by atoms with E-state index in [-0.39, 0.29) is 36.9 Å². The number of aromatic nitrogens is 1. The van der Waals surface area contributed by atoms with Crippen molar-refractivity contribution in [1.29, 1.82) is 5.26 Å². The van der Waals surface area contributed by atoms with Crippen molar-refractivity contribution in [2.75, 3.05) is 13.7 Å². The maximum atomic E-state index is 12.9. The number of nitrogens with one attached hydrogen (secondary N) is 3. The van der Waals surface area contributed by atoms with E-state index < -0.39 is 22.7 Å². The first-order valence-corrected chi connectivity index (χ1v) is 11.1. The Morgan fingerprint density at radius 2 is 2.16 bits per heavy atom. The van der Waals surface area contributed by atoms with Crippen LogP contribution < -0.4 is 15.4 Å². The maximum absolute atomic E-state index is 12.9. The predicted molar refractivity (Wildman–Crippen MR) is 121 cm³/mol. The van der Waals surface area contributed by atoms with Crippen molar-refractivity contribution in [2.45, 2.75) is 36.6 Å². The van der Waals surface area contributed by atoms with Crippen LogP contribution in [0.3, 0.4) is 0 Å². The monoisotopic (exact) mass is 478 g/mol. The minimum Gasteiger partial charge on any atom is -0.496 e. The summed E-state index contributed by atoms with van der Waals surface area (Å²) in [4.78, 5) is 39.8. The van der Waals surface area contributed by atoms with Crippen LogP contribution in [0, 0.1) is 23.2 Å². The molecule has 170 valence electrons. The molecule has 0 aliphatic carbocycles. The highest BCUT2D eigenvalue weighted by atomic mass is 35.5. The average Bonchev–Trinajstić information content (AvgIpc) is 3.38. The van der Waals surface area contributed by atoms with Crippen LogP contribution in [0.2, 0.25) is 0 Å². The minimum atomic E-state index is -0.859. The molecule has 3 N–H and O–H groups in total. The van der Waals surface area contributed by atoms with E-state index in [1.54, 1.807) is 25.3 Å². The zero-order valence-corrected chi connectivity index (χ0v) is 19.0. The third-order valence-electron chi connectivity index (χ3n) is 5.57. The number of hydrogen-bond donors (Lipinski definition) is 3. The molecule has 2 aromatic rings. The number of rotatable bonds is 10. The van der Waals surface area contributed by atoms with Gasteiger partial charge in [0.25, 0.3) is 0 Å². The lowest BCUT2D eigenvalue weighted by Gasteiger charge is -2.20. The zero-order valence-electron chi connectivity index (χ0n) is 17.5. The second-order valence-corrected chi connectivity index (χ2v) is 9.04. The molecule has 10 heteroatoms. The summed E-state index contributed by atoms with van der Waals surface area (Å²) < 4.78 is 5.32. The molecule has 0 radical (unpaired) electrons. The van der Waals surface area contributed by atoms with E-state index in [4.69, 9.17) is 27.9 Å². The number of amides is 2. The van der Waals surface area contributed by atoms with Gasteiger partial charge in [-0.15, -0.1) is 23.2 Å². The summed E-state index contributed by atoms with van der Waals surface area (Å²) in [5.41, 5.74) is 1.07. The van der Waals surface area contributed by atoms with Gasteiger partial charge >= 0.3 is 0 Å². The number of carbonyl (C=O) groups excluding carboxylic acids is 3. The number of methoxy groups -OCH3 is 1. The van der Waals surface area contributed by atoms with Gasteiger partial charge in [0.2, 0.25) is 11.8 Å². The zero-order chi connectivity index (χ0) is 23.3. The van der Waals surface area contributed by atoms with Gasteiger partial charge in [0.1, 0.15) is 16.6 Å². The van der Waals surface area contributed by atoms with Crippen molar-refractivity contribution in [1.82, 2.24) is 15.6 Å². The number of alkyl halides is 2. The van der Waals surface area contributed by atoms with Crippen LogP contribution in [-0.4, -0.2) is 47.1 Å². The van der Waals surface area contributed by atoms with Crippen molar-refractivity contribution in [3.8, 4) is 11.8 Å². The lowest BCUT2D eigenvalue weighted by molar-refractivity contribution is -0.126. The number of Topliss-reactive ketones (excluding diaryl/α,β-unsaturated/α-hetero) is 1. The lowest BCUT2D eigenvalue weighted by atomic mass is 9.95. The summed E-state index contributed by atoms with van der Waals surface area (Å²) in [5.74, 6) is -1.44. The normalized spacial score (nSPS) is 17.6. The number of fused-ring (bicyclic) bond motifs is 1. The summed E-state index contributed by atoms with van der Waals surface area (Å²) in [6, 6.07) is 8.27. The number of H-pyrrole nitrogens is 1. The van der Waals surface area contributed by atoms with Crippen LogP contribution in [0.5, 0.6) is 5.75 Å². The van der Waals surface area contributed by atoms with Gasteiger partial charge < -0.3 is 20.4 Å². The molecule has 8 nitrogen and oxygen atoms in total. The molecule has 32 heavy (non-hydrogen) atoms. The van der Waals surface area contributed by atoms with E-state index in [9.17, 15) is 19.6 Å². The van der Waals surface area contributed by atoms with Crippen LogP contribution in [0.1, 0.15) is 36.2 Å². The molecular formula is C22H24Cl2N4O4. The average molecular weight is 479 g/mol. The van der Waals surface area contributed by atoms with Gasteiger partial charge in [0, 0.05) is 35.7 Å². The molecule has 1 aliphatic rings. The number of ketones is 1. The Morgan fingerprint density at radius 1 is 1.38 bits per heavy atom. The molecule has 2 heterocycles. The summed E-state index contributed by atoms with van der Waals surface area (Å²) in [7, 11) is 1.55. The Balaban J connectivity index is 1.71. The van der Waals surface area contributed by atoms with Gasteiger partial charge in [-0.05, 0) is 37.5 Å². The highest BCUT2D eigenvalue weighted by Crippen LogP contribution is 2.28. The Kier molecular flexibility index (Phi) is 7.99. The first-order valence-electron chi connectivity index (χ1n) is 10.3. The molecule has 3 unspecified atom stereocenters. The fraction of sp³-hybridized carbons (Fsp3) is 0.455. The molecule has 1 fully saturated rings.